The van der Waals surface area contributed by atoms with E-state index < -0.39 is 24.6 Å². The molecule has 0 spiro atoms. The summed E-state index contributed by atoms with van der Waals surface area (Å²) in [4.78, 5) is 0. The maximum atomic E-state index is 12.7. The highest BCUT2D eigenvalue weighted by atomic mass is 19.2. The molecule has 76 valence electrons. The van der Waals surface area contributed by atoms with Gasteiger partial charge in [-0.25, -0.2) is 13.2 Å². The monoisotopic (exact) mass is 204 g/mol. The minimum absolute atomic E-state index is 0.0893. The van der Waals surface area contributed by atoms with Crippen LogP contribution < -0.4 is 5.46 Å². The van der Waals surface area contributed by atoms with Crippen LogP contribution in [0.25, 0.3) is 0 Å². The van der Waals surface area contributed by atoms with Crippen LogP contribution in [-0.4, -0.2) is 21.3 Å². The van der Waals surface area contributed by atoms with E-state index in [1.807, 2.05) is 0 Å². The molecule has 0 N–H and O–H groups in total. The van der Waals surface area contributed by atoms with Crippen molar-refractivity contribution >= 4 is 12.6 Å². The van der Waals surface area contributed by atoms with Gasteiger partial charge < -0.3 is 9.31 Å². The summed E-state index contributed by atoms with van der Waals surface area (Å²) in [7, 11) is 1.72. The standard InChI is InChI=1S/C8H8BF3O2/c1-13-9(14-2)5-3-6(10)8(12)7(11)4-5/h3-4H,1-2H3. The molecule has 0 aromatic heterocycles. The Morgan fingerprint density at radius 2 is 1.43 bits per heavy atom. The third kappa shape index (κ3) is 2.08. The van der Waals surface area contributed by atoms with Crippen LogP contribution in [0, 0.1) is 17.5 Å². The van der Waals surface area contributed by atoms with Crippen molar-refractivity contribution in [2.45, 2.75) is 0 Å². The summed E-state index contributed by atoms with van der Waals surface area (Å²) < 4.78 is 47.6. The first-order valence-corrected chi connectivity index (χ1v) is 3.80. The third-order valence-electron chi connectivity index (χ3n) is 1.71. The Kier molecular flexibility index (Phi) is 3.54. The van der Waals surface area contributed by atoms with E-state index in [1.54, 1.807) is 0 Å². The summed E-state index contributed by atoms with van der Waals surface area (Å²) in [5.41, 5.74) is 0.0893. The molecule has 0 saturated heterocycles. The average molecular weight is 204 g/mol. The summed E-state index contributed by atoms with van der Waals surface area (Å²) >= 11 is 0. The molecule has 0 atom stereocenters. The predicted molar refractivity (Wildman–Crippen MR) is 45.7 cm³/mol. The van der Waals surface area contributed by atoms with Gasteiger partial charge in [-0.05, 0) is 17.6 Å². The Balaban J connectivity index is 3.11. The number of halogens is 3. The van der Waals surface area contributed by atoms with Gasteiger partial charge in [0.1, 0.15) is 0 Å². The van der Waals surface area contributed by atoms with Gasteiger partial charge in [0, 0.05) is 14.2 Å². The molecule has 0 bridgehead atoms. The lowest BCUT2D eigenvalue weighted by Crippen LogP contribution is -2.35. The first kappa shape index (κ1) is 11.1. The lowest BCUT2D eigenvalue weighted by Gasteiger charge is -2.08. The summed E-state index contributed by atoms with van der Waals surface area (Å²) in [5.74, 6) is -4.03. The van der Waals surface area contributed by atoms with Gasteiger partial charge in [0.15, 0.2) is 17.5 Å². The molecule has 0 saturated carbocycles. The zero-order valence-corrected chi connectivity index (χ0v) is 7.68. The normalized spacial score (nSPS) is 10.4. The first-order valence-electron chi connectivity index (χ1n) is 3.80. The van der Waals surface area contributed by atoms with Crippen molar-refractivity contribution in [1.82, 2.24) is 0 Å². The maximum Gasteiger partial charge on any atom is 0.493 e. The molecule has 1 rings (SSSR count). The zero-order valence-electron chi connectivity index (χ0n) is 7.68. The smallest absolute Gasteiger partial charge is 0.410 e. The summed E-state index contributed by atoms with van der Waals surface area (Å²) in [6.45, 7) is 0. The lowest BCUT2D eigenvalue weighted by molar-refractivity contribution is 0.291. The second-order valence-electron chi connectivity index (χ2n) is 2.60. The topological polar surface area (TPSA) is 18.5 Å². The van der Waals surface area contributed by atoms with Crippen molar-refractivity contribution in [3.63, 3.8) is 0 Å². The van der Waals surface area contributed by atoms with Crippen molar-refractivity contribution in [2.24, 2.45) is 0 Å². The molecule has 14 heavy (non-hydrogen) atoms. The molecule has 0 aliphatic heterocycles. The average Bonchev–Trinajstić information content (AvgIpc) is 2.16. The van der Waals surface area contributed by atoms with E-state index in [0.717, 1.165) is 12.1 Å². The van der Waals surface area contributed by atoms with Gasteiger partial charge in [-0.2, -0.15) is 0 Å². The molecular weight excluding hydrogens is 196 g/mol. The number of rotatable bonds is 3. The SMILES string of the molecule is COB(OC)c1cc(F)c(F)c(F)c1. The molecule has 0 fully saturated rings. The largest absolute Gasteiger partial charge is 0.493 e. The molecule has 0 aliphatic carbocycles. The van der Waals surface area contributed by atoms with Gasteiger partial charge in [0.25, 0.3) is 0 Å². The van der Waals surface area contributed by atoms with E-state index in [0.29, 0.717) is 0 Å². The predicted octanol–water partition coefficient (Wildman–Crippen LogP) is 1.09. The lowest BCUT2D eigenvalue weighted by atomic mass is 9.79. The van der Waals surface area contributed by atoms with Crippen molar-refractivity contribution in [2.75, 3.05) is 14.2 Å². The number of hydrogen-bond donors (Lipinski definition) is 0. The molecule has 0 heterocycles. The Morgan fingerprint density at radius 1 is 1.00 bits per heavy atom. The van der Waals surface area contributed by atoms with E-state index >= 15 is 0 Å². The van der Waals surface area contributed by atoms with Gasteiger partial charge in [-0.15, -0.1) is 0 Å². The number of benzene rings is 1. The maximum absolute atomic E-state index is 12.7. The van der Waals surface area contributed by atoms with Crippen LogP contribution in [0.3, 0.4) is 0 Å². The van der Waals surface area contributed by atoms with Crippen molar-refractivity contribution in [3.05, 3.63) is 29.6 Å². The zero-order chi connectivity index (χ0) is 10.7. The van der Waals surface area contributed by atoms with Crippen LogP contribution in [0.2, 0.25) is 0 Å². The van der Waals surface area contributed by atoms with Gasteiger partial charge in [0.05, 0.1) is 0 Å². The number of hydrogen-bond acceptors (Lipinski definition) is 2. The Hall–Kier alpha value is -1.01. The minimum Gasteiger partial charge on any atom is -0.410 e. The van der Waals surface area contributed by atoms with Crippen LogP contribution in [0.4, 0.5) is 13.2 Å². The van der Waals surface area contributed by atoms with Crippen molar-refractivity contribution in [1.29, 1.82) is 0 Å². The minimum atomic E-state index is -1.50. The van der Waals surface area contributed by atoms with E-state index in [1.165, 1.54) is 14.2 Å². The molecule has 0 amide bonds. The summed E-state index contributed by atoms with van der Waals surface area (Å²) in [5, 5.41) is 0. The second kappa shape index (κ2) is 4.48. The van der Waals surface area contributed by atoms with Gasteiger partial charge in [-0.1, -0.05) is 0 Å². The van der Waals surface area contributed by atoms with Crippen LogP contribution in [-0.2, 0) is 9.31 Å². The third-order valence-corrected chi connectivity index (χ3v) is 1.71. The van der Waals surface area contributed by atoms with Crippen molar-refractivity contribution in [3.8, 4) is 0 Å². The summed E-state index contributed by atoms with van der Waals surface area (Å²) in [6, 6.07) is 1.66. The fraction of sp³-hybridized carbons (Fsp3) is 0.250. The van der Waals surface area contributed by atoms with Gasteiger partial charge in [-0.3, -0.25) is 0 Å². The van der Waals surface area contributed by atoms with Gasteiger partial charge in [0.2, 0.25) is 0 Å². The molecule has 6 heteroatoms. The molecular formula is C8H8BF3O2. The molecule has 0 unspecified atom stereocenters. The Morgan fingerprint density at radius 3 is 1.79 bits per heavy atom. The molecule has 1 aromatic carbocycles. The highest BCUT2D eigenvalue weighted by Crippen LogP contribution is 2.08. The quantitative estimate of drug-likeness (QED) is 0.541. The van der Waals surface area contributed by atoms with Crippen molar-refractivity contribution < 1.29 is 22.5 Å². The molecule has 0 aliphatic rings. The van der Waals surface area contributed by atoms with E-state index in [-0.39, 0.29) is 5.46 Å². The van der Waals surface area contributed by atoms with Gasteiger partial charge >= 0.3 is 7.12 Å². The van der Waals surface area contributed by atoms with E-state index in [2.05, 4.69) is 0 Å². The first-order chi connectivity index (χ1) is 6.60. The van der Waals surface area contributed by atoms with Crippen LogP contribution in [0.1, 0.15) is 0 Å². The molecule has 2 nitrogen and oxygen atoms in total. The Labute approximate surface area is 79.8 Å². The van der Waals surface area contributed by atoms with E-state index in [9.17, 15) is 13.2 Å². The fourth-order valence-electron chi connectivity index (χ4n) is 1.08. The summed E-state index contributed by atoms with van der Waals surface area (Å²) in [6.07, 6.45) is 0. The fourth-order valence-corrected chi connectivity index (χ4v) is 1.08. The molecule has 0 radical (unpaired) electrons. The van der Waals surface area contributed by atoms with E-state index in [4.69, 9.17) is 9.31 Å². The van der Waals surface area contributed by atoms with Crippen LogP contribution >= 0.6 is 0 Å². The van der Waals surface area contributed by atoms with Crippen LogP contribution in [0.15, 0.2) is 12.1 Å². The molecule has 1 aromatic rings. The Bertz CT molecular complexity index is 305. The second-order valence-corrected chi connectivity index (χ2v) is 2.60. The highest BCUT2D eigenvalue weighted by Gasteiger charge is 2.22. The highest BCUT2D eigenvalue weighted by molar-refractivity contribution is 6.61. The van der Waals surface area contributed by atoms with Crippen LogP contribution in [0.5, 0.6) is 0 Å².